The number of methoxy groups -OCH3 is 1. The molecule has 0 unspecified atom stereocenters. The van der Waals surface area contributed by atoms with E-state index in [2.05, 4.69) is 25.6 Å². The Morgan fingerprint density at radius 3 is 2.89 bits per heavy atom. The van der Waals surface area contributed by atoms with E-state index in [9.17, 15) is 15.0 Å². The number of carbonyl (C=O) groups is 1. The highest BCUT2D eigenvalue weighted by molar-refractivity contribution is 5.94. The molecule has 0 aromatic carbocycles. The van der Waals surface area contributed by atoms with Crippen LogP contribution >= 0.6 is 0 Å². The molecule has 3 aromatic heterocycles. The summed E-state index contributed by atoms with van der Waals surface area (Å²) < 4.78 is 16.4. The van der Waals surface area contributed by atoms with Crippen LogP contribution in [0.25, 0.3) is 11.0 Å². The van der Waals surface area contributed by atoms with Crippen molar-refractivity contribution in [3.8, 4) is 11.6 Å². The largest absolute Gasteiger partial charge is 0.481 e. The Labute approximate surface area is 201 Å². The number of hydrogen-bond acceptors (Lipinski definition) is 10. The Morgan fingerprint density at radius 2 is 2.09 bits per heavy atom. The lowest BCUT2D eigenvalue weighted by Gasteiger charge is -2.34. The number of aromatic nitrogens is 3. The molecular weight excluding hydrogens is 454 g/mol. The van der Waals surface area contributed by atoms with Crippen molar-refractivity contribution in [3.63, 3.8) is 0 Å². The van der Waals surface area contributed by atoms with Gasteiger partial charge in [-0.3, -0.25) is 9.78 Å². The molecule has 5 heterocycles. The van der Waals surface area contributed by atoms with Gasteiger partial charge in [-0.05, 0) is 37.1 Å². The lowest BCUT2D eigenvalue weighted by Crippen LogP contribution is -2.45. The van der Waals surface area contributed by atoms with Gasteiger partial charge in [0.1, 0.15) is 12.2 Å². The van der Waals surface area contributed by atoms with Crippen molar-refractivity contribution in [1.82, 2.24) is 20.3 Å². The number of aliphatic hydroxyl groups excluding tert-OH is 2. The predicted octanol–water partition coefficient (Wildman–Crippen LogP) is 1.10. The van der Waals surface area contributed by atoms with Crippen LogP contribution in [0.2, 0.25) is 0 Å². The summed E-state index contributed by atoms with van der Waals surface area (Å²) in [6, 6.07) is 8.80. The third-order valence-electron chi connectivity index (χ3n) is 6.24. The number of ether oxygens (including phenoxy) is 3. The van der Waals surface area contributed by atoms with Crippen LogP contribution in [-0.4, -0.2) is 69.6 Å². The maximum Gasteiger partial charge on any atom is 0.263 e. The average molecular weight is 482 g/mol. The normalized spacial score (nSPS) is 21.5. The topological polar surface area (TPSA) is 148 Å². The van der Waals surface area contributed by atoms with Gasteiger partial charge in [0.2, 0.25) is 5.88 Å². The summed E-state index contributed by atoms with van der Waals surface area (Å²) in [7, 11) is 1.52. The van der Waals surface area contributed by atoms with Crippen LogP contribution in [0.3, 0.4) is 0 Å². The molecular formula is C24H27N5O6. The number of aliphatic hydroxyl groups is 2. The zero-order chi connectivity index (χ0) is 24.4. The number of rotatable bonds is 7. The van der Waals surface area contributed by atoms with Crippen LogP contribution in [0, 0.1) is 0 Å². The van der Waals surface area contributed by atoms with E-state index in [4.69, 9.17) is 14.2 Å². The van der Waals surface area contributed by atoms with Crippen LogP contribution in [0.5, 0.6) is 11.6 Å². The molecule has 0 spiro atoms. The molecule has 4 N–H and O–H groups in total. The molecule has 1 fully saturated rings. The number of amides is 1. The molecule has 4 atom stereocenters. The van der Waals surface area contributed by atoms with Gasteiger partial charge in [-0.1, -0.05) is 0 Å². The number of fused-ring (bicyclic) bond motifs is 2. The van der Waals surface area contributed by atoms with E-state index in [0.29, 0.717) is 53.6 Å². The van der Waals surface area contributed by atoms with E-state index in [0.717, 1.165) is 12.1 Å². The van der Waals surface area contributed by atoms with Crippen LogP contribution in [0.4, 0.5) is 5.82 Å². The number of nitrogens with zero attached hydrogens (tertiary/aromatic N) is 3. The first-order valence-corrected chi connectivity index (χ1v) is 11.4. The van der Waals surface area contributed by atoms with Gasteiger partial charge < -0.3 is 35.1 Å². The highest BCUT2D eigenvalue weighted by Gasteiger charge is 2.33. The standard InChI is InChI=1S/C24H27N5O6/c1-33-20-7-4-16-21(29-20)15(8-9-25-16)22(31)23(32)17-5-3-14(11-34-17)26-10-13-2-6-18-24(27-13)28-19(30)12-35-18/h2,4,6-9,14,17,22-23,26,31-32H,3,5,10-12H2,1H3,(H,27,28,30)/t14-,17+,22+,23-/m0/s1. The maximum absolute atomic E-state index is 11.5. The number of pyridine rings is 3. The van der Waals surface area contributed by atoms with Gasteiger partial charge in [0.25, 0.3) is 5.91 Å². The average Bonchev–Trinajstić information content (AvgIpc) is 2.90. The van der Waals surface area contributed by atoms with Gasteiger partial charge in [-0.25, -0.2) is 9.97 Å². The monoisotopic (exact) mass is 481 g/mol. The predicted molar refractivity (Wildman–Crippen MR) is 125 cm³/mol. The van der Waals surface area contributed by atoms with Crippen molar-refractivity contribution < 1.29 is 29.2 Å². The molecule has 184 valence electrons. The molecule has 1 saturated heterocycles. The van der Waals surface area contributed by atoms with Crippen LogP contribution in [0.15, 0.2) is 36.5 Å². The number of carbonyl (C=O) groups excluding carboxylic acids is 1. The highest BCUT2D eigenvalue weighted by Crippen LogP contribution is 2.30. The first-order chi connectivity index (χ1) is 17.0. The fourth-order valence-corrected chi connectivity index (χ4v) is 4.32. The molecule has 5 rings (SSSR count). The van der Waals surface area contributed by atoms with Crippen molar-refractivity contribution in [2.45, 2.75) is 43.7 Å². The maximum atomic E-state index is 11.5. The SMILES string of the molecule is COc1ccc2nccc([C@@H](O)[C@@H](O)[C@H]3CC[C@H](NCc4ccc5c(n4)NC(=O)CO5)CO3)c2n1. The van der Waals surface area contributed by atoms with E-state index in [1.807, 2.05) is 6.07 Å². The Kier molecular flexibility index (Phi) is 6.73. The van der Waals surface area contributed by atoms with Gasteiger partial charge >= 0.3 is 0 Å². The van der Waals surface area contributed by atoms with Crippen LogP contribution in [-0.2, 0) is 16.1 Å². The second kappa shape index (κ2) is 10.1. The summed E-state index contributed by atoms with van der Waals surface area (Å²) in [5.74, 6) is 1.16. The molecule has 0 radical (unpaired) electrons. The zero-order valence-electron chi connectivity index (χ0n) is 19.2. The van der Waals surface area contributed by atoms with Gasteiger partial charge in [0, 0.05) is 30.4 Å². The minimum Gasteiger partial charge on any atom is -0.481 e. The fourth-order valence-electron chi connectivity index (χ4n) is 4.32. The summed E-state index contributed by atoms with van der Waals surface area (Å²) in [4.78, 5) is 24.6. The molecule has 0 aliphatic carbocycles. The molecule has 0 saturated carbocycles. The Hall–Kier alpha value is -3.38. The molecule has 3 aromatic rings. The first-order valence-electron chi connectivity index (χ1n) is 11.4. The molecule has 2 aliphatic heterocycles. The summed E-state index contributed by atoms with van der Waals surface area (Å²) in [5, 5.41) is 27.9. The van der Waals surface area contributed by atoms with Crippen molar-refractivity contribution in [2.75, 3.05) is 25.6 Å². The molecule has 11 nitrogen and oxygen atoms in total. The second-order valence-electron chi connectivity index (χ2n) is 8.57. The van der Waals surface area contributed by atoms with Crippen LogP contribution < -0.4 is 20.1 Å². The Bertz CT molecular complexity index is 1220. The first kappa shape index (κ1) is 23.4. The van der Waals surface area contributed by atoms with E-state index in [1.165, 1.54) is 7.11 Å². The van der Waals surface area contributed by atoms with E-state index >= 15 is 0 Å². The van der Waals surface area contributed by atoms with Crippen molar-refractivity contribution >= 4 is 22.8 Å². The summed E-state index contributed by atoms with van der Waals surface area (Å²) in [6.07, 6.45) is 0.0632. The molecule has 1 amide bonds. The number of hydrogen-bond donors (Lipinski definition) is 4. The molecule has 0 bridgehead atoms. The van der Waals surface area contributed by atoms with Crippen molar-refractivity contribution in [3.05, 3.63) is 47.8 Å². The van der Waals surface area contributed by atoms with Gasteiger partial charge in [0.05, 0.1) is 36.5 Å². The van der Waals surface area contributed by atoms with Gasteiger partial charge in [-0.15, -0.1) is 0 Å². The van der Waals surface area contributed by atoms with Crippen molar-refractivity contribution in [2.24, 2.45) is 0 Å². The Balaban J connectivity index is 1.17. The third kappa shape index (κ3) is 5.03. The number of anilines is 1. The highest BCUT2D eigenvalue weighted by atomic mass is 16.5. The zero-order valence-corrected chi connectivity index (χ0v) is 19.2. The minimum absolute atomic E-state index is 0.00447. The summed E-state index contributed by atoms with van der Waals surface area (Å²) >= 11 is 0. The van der Waals surface area contributed by atoms with Gasteiger partial charge in [0.15, 0.2) is 18.2 Å². The number of nitrogens with one attached hydrogen (secondary N) is 2. The quantitative estimate of drug-likeness (QED) is 0.387. The molecule has 2 aliphatic rings. The second-order valence-corrected chi connectivity index (χ2v) is 8.57. The lowest BCUT2D eigenvalue weighted by molar-refractivity contribution is -0.118. The molecule has 35 heavy (non-hydrogen) atoms. The third-order valence-corrected chi connectivity index (χ3v) is 6.24. The van der Waals surface area contributed by atoms with E-state index in [1.54, 1.807) is 30.5 Å². The fraction of sp³-hybridized carbons (Fsp3) is 0.417. The summed E-state index contributed by atoms with van der Waals surface area (Å²) in [5.41, 5.74) is 2.32. The minimum atomic E-state index is -1.19. The smallest absolute Gasteiger partial charge is 0.263 e. The summed E-state index contributed by atoms with van der Waals surface area (Å²) in [6.45, 7) is 0.863. The van der Waals surface area contributed by atoms with Crippen molar-refractivity contribution in [1.29, 1.82) is 0 Å². The Morgan fingerprint density at radius 1 is 1.20 bits per heavy atom. The van der Waals surface area contributed by atoms with Gasteiger partial charge in [-0.2, -0.15) is 0 Å². The van der Waals surface area contributed by atoms with E-state index < -0.39 is 18.3 Å². The lowest BCUT2D eigenvalue weighted by atomic mass is 9.94. The molecule has 11 heteroatoms. The van der Waals surface area contributed by atoms with E-state index in [-0.39, 0.29) is 18.6 Å². The van der Waals surface area contributed by atoms with Crippen LogP contribution in [0.1, 0.15) is 30.2 Å².